The van der Waals surface area contributed by atoms with E-state index in [1.54, 1.807) is 0 Å². The van der Waals surface area contributed by atoms with Gasteiger partial charge in [0.2, 0.25) is 5.91 Å². The van der Waals surface area contributed by atoms with Gasteiger partial charge in [-0.05, 0) is 57.8 Å². The fourth-order valence-electron chi connectivity index (χ4n) is 10.8. The van der Waals surface area contributed by atoms with Crippen molar-refractivity contribution in [1.82, 2.24) is 5.32 Å². The van der Waals surface area contributed by atoms with Crippen LogP contribution in [0.5, 0.6) is 0 Å². The van der Waals surface area contributed by atoms with E-state index in [2.05, 4.69) is 43.5 Å². The van der Waals surface area contributed by atoms with Crippen molar-refractivity contribution in [1.29, 1.82) is 0 Å². The summed E-state index contributed by atoms with van der Waals surface area (Å²) in [5, 5.41) is 23.4. The van der Waals surface area contributed by atoms with Crippen LogP contribution >= 0.6 is 0 Å². The number of amides is 1. The van der Waals surface area contributed by atoms with E-state index < -0.39 is 12.1 Å². The molecule has 0 aromatic carbocycles. The molecule has 2 atom stereocenters. The molecule has 0 aliphatic rings. The van der Waals surface area contributed by atoms with Gasteiger partial charge >= 0.3 is 5.97 Å². The number of aliphatic hydroxyl groups excluding tert-OH is 2. The number of carbonyl (C=O) groups is 2. The Hall–Kier alpha value is -1.66. The van der Waals surface area contributed by atoms with E-state index in [1.807, 2.05) is 0 Å². The number of aliphatic hydroxyl groups is 2. The monoisotopic (exact) mass is 1060 g/mol. The van der Waals surface area contributed by atoms with Gasteiger partial charge in [-0.25, -0.2) is 0 Å². The Balaban J connectivity index is 3.41. The largest absolute Gasteiger partial charge is 0.466 e. The molecule has 75 heavy (non-hydrogen) atoms. The first-order chi connectivity index (χ1) is 37.0. The first-order valence-corrected chi connectivity index (χ1v) is 34.1. The highest BCUT2D eigenvalue weighted by Crippen LogP contribution is 2.19. The summed E-state index contributed by atoms with van der Waals surface area (Å²) in [5.41, 5.74) is 0. The lowest BCUT2D eigenvalue weighted by atomic mass is 10.0. The van der Waals surface area contributed by atoms with E-state index in [0.717, 1.165) is 51.4 Å². The van der Waals surface area contributed by atoms with Gasteiger partial charge in [0.05, 0.1) is 25.4 Å². The topological polar surface area (TPSA) is 95.9 Å². The Kier molecular flexibility index (Phi) is 63.4. The van der Waals surface area contributed by atoms with Gasteiger partial charge in [-0.2, -0.15) is 0 Å². The summed E-state index contributed by atoms with van der Waals surface area (Å²) < 4.78 is 5.50. The van der Waals surface area contributed by atoms with Gasteiger partial charge in [0.1, 0.15) is 0 Å². The number of carbonyl (C=O) groups excluding carboxylic acids is 2. The molecule has 444 valence electrons. The zero-order valence-corrected chi connectivity index (χ0v) is 50.8. The van der Waals surface area contributed by atoms with Gasteiger partial charge in [0.25, 0.3) is 0 Å². The van der Waals surface area contributed by atoms with Crippen molar-refractivity contribution in [2.24, 2.45) is 0 Å². The minimum absolute atomic E-state index is 0.000668. The normalized spacial score (nSPS) is 12.6. The van der Waals surface area contributed by atoms with Crippen LogP contribution < -0.4 is 5.32 Å². The van der Waals surface area contributed by atoms with Crippen molar-refractivity contribution < 1.29 is 24.5 Å². The van der Waals surface area contributed by atoms with E-state index in [1.165, 1.54) is 295 Å². The summed E-state index contributed by atoms with van der Waals surface area (Å²) in [4.78, 5) is 24.7. The number of hydrogen-bond acceptors (Lipinski definition) is 5. The van der Waals surface area contributed by atoms with Gasteiger partial charge in [-0.1, -0.05) is 334 Å². The van der Waals surface area contributed by atoms with E-state index in [0.29, 0.717) is 25.9 Å². The number of unbranched alkanes of at least 4 members (excludes halogenated alkanes) is 49. The highest BCUT2D eigenvalue weighted by atomic mass is 16.5. The molecular formula is C69H133NO5. The molecule has 0 aliphatic carbocycles. The number of esters is 1. The molecule has 0 saturated heterocycles. The molecule has 2 unspecified atom stereocenters. The van der Waals surface area contributed by atoms with Gasteiger partial charge < -0.3 is 20.3 Å². The van der Waals surface area contributed by atoms with E-state index in [4.69, 9.17) is 4.74 Å². The minimum Gasteiger partial charge on any atom is -0.466 e. The first-order valence-electron chi connectivity index (χ1n) is 34.1. The van der Waals surface area contributed by atoms with Crippen molar-refractivity contribution in [3.63, 3.8) is 0 Å². The van der Waals surface area contributed by atoms with Crippen LogP contribution in [0.15, 0.2) is 24.3 Å². The molecule has 3 N–H and O–H groups in total. The Labute approximate surface area is 469 Å². The molecule has 0 saturated carbocycles. The van der Waals surface area contributed by atoms with Crippen LogP contribution in [-0.4, -0.2) is 47.4 Å². The number of hydrogen-bond donors (Lipinski definition) is 3. The molecule has 6 heteroatoms. The zero-order valence-electron chi connectivity index (χ0n) is 50.8. The van der Waals surface area contributed by atoms with Crippen LogP contribution in [0.3, 0.4) is 0 Å². The lowest BCUT2D eigenvalue weighted by molar-refractivity contribution is -0.143. The number of ether oxygens (including phenoxy) is 1. The maximum atomic E-state index is 12.5. The molecule has 0 aromatic heterocycles. The fourth-order valence-corrected chi connectivity index (χ4v) is 10.8. The lowest BCUT2D eigenvalue weighted by Crippen LogP contribution is -2.45. The maximum absolute atomic E-state index is 12.5. The van der Waals surface area contributed by atoms with Gasteiger partial charge in [0, 0.05) is 12.8 Å². The number of allylic oxidation sites excluding steroid dienone is 4. The number of rotatable bonds is 64. The summed E-state index contributed by atoms with van der Waals surface area (Å²) >= 11 is 0. The number of nitrogens with one attached hydrogen (secondary N) is 1. The molecule has 0 rings (SSSR count). The van der Waals surface area contributed by atoms with Crippen LogP contribution in [0.1, 0.15) is 380 Å². The Morgan fingerprint density at radius 3 is 1.04 bits per heavy atom. The summed E-state index contributed by atoms with van der Waals surface area (Å²) in [6.07, 6.45) is 80.6. The van der Waals surface area contributed by atoms with Crippen molar-refractivity contribution >= 4 is 11.9 Å². The Morgan fingerprint density at radius 2 is 0.667 bits per heavy atom. The molecule has 1 amide bonds. The second-order valence-corrected chi connectivity index (χ2v) is 23.5. The zero-order chi connectivity index (χ0) is 54.3. The predicted molar refractivity (Wildman–Crippen MR) is 329 cm³/mol. The van der Waals surface area contributed by atoms with Crippen LogP contribution in [0.25, 0.3) is 0 Å². The molecule has 0 radical (unpaired) electrons. The molecule has 0 aliphatic heterocycles. The summed E-state index contributed by atoms with van der Waals surface area (Å²) in [7, 11) is 0. The van der Waals surface area contributed by atoms with Crippen molar-refractivity contribution in [3.8, 4) is 0 Å². The van der Waals surface area contributed by atoms with E-state index in [-0.39, 0.29) is 18.5 Å². The molecule has 0 spiro atoms. The summed E-state index contributed by atoms with van der Waals surface area (Å²) in [6.45, 7) is 4.95. The molecule has 6 nitrogen and oxygen atoms in total. The summed E-state index contributed by atoms with van der Waals surface area (Å²) in [6, 6.07) is -0.548. The third kappa shape index (κ3) is 61.4. The summed E-state index contributed by atoms with van der Waals surface area (Å²) in [5.74, 6) is -0.0368. The van der Waals surface area contributed by atoms with Crippen LogP contribution in [0.2, 0.25) is 0 Å². The molecule has 0 fully saturated rings. The quantitative estimate of drug-likeness (QED) is 0.0320. The second kappa shape index (κ2) is 64.9. The minimum atomic E-state index is -0.671. The Bertz CT molecular complexity index is 1170. The highest BCUT2D eigenvalue weighted by molar-refractivity contribution is 5.76. The predicted octanol–water partition coefficient (Wildman–Crippen LogP) is 21.8. The van der Waals surface area contributed by atoms with Crippen LogP contribution in [0, 0.1) is 0 Å². The molecule has 0 bridgehead atoms. The lowest BCUT2D eigenvalue weighted by Gasteiger charge is -2.22. The SMILES string of the molecule is CCCCC/C=C\C/C=C\CCCCCCCCCCCC(=O)OCCCCCCCCCCCCCCCCCCC(=O)NC(CO)C(O)CCCCCCCCCCCCCCCCCCCCCCCCC. The fraction of sp³-hybridized carbons (Fsp3) is 0.913. The van der Waals surface area contributed by atoms with Crippen molar-refractivity contribution in [2.75, 3.05) is 13.2 Å². The van der Waals surface area contributed by atoms with Crippen molar-refractivity contribution in [3.05, 3.63) is 24.3 Å². The van der Waals surface area contributed by atoms with Crippen molar-refractivity contribution in [2.45, 2.75) is 392 Å². The highest BCUT2D eigenvalue weighted by Gasteiger charge is 2.20. The smallest absolute Gasteiger partial charge is 0.305 e. The van der Waals surface area contributed by atoms with Crippen LogP contribution in [-0.2, 0) is 14.3 Å². The molecule has 0 aromatic rings. The maximum Gasteiger partial charge on any atom is 0.305 e. The first kappa shape index (κ1) is 73.3. The third-order valence-electron chi connectivity index (χ3n) is 16.0. The average Bonchev–Trinajstić information content (AvgIpc) is 3.41. The van der Waals surface area contributed by atoms with Gasteiger partial charge in [-0.15, -0.1) is 0 Å². The molecular weight excluding hydrogens is 923 g/mol. The second-order valence-electron chi connectivity index (χ2n) is 23.5. The van der Waals surface area contributed by atoms with E-state index in [9.17, 15) is 19.8 Å². The van der Waals surface area contributed by atoms with E-state index >= 15 is 0 Å². The molecule has 0 heterocycles. The average molecular weight is 1060 g/mol. The third-order valence-corrected chi connectivity index (χ3v) is 16.0. The Morgan fingerprint density at radius 1 is 0.373 bits per heavy atom. The van der Waals surface area contributed by atoms with Gasteiger partial charge in [0.15, 0.2) is 0 Å². The van der Waals surface area contributed by atoms with Gasteiger partial charge in [-0.3, -0.25) is 9.59 Å². The standard InChI is InChI=1S/C69H133NO5/c1-3-5-7-9-11-13-15-17-19-21-23-24-25-26-28-29-33-37-41-45-49-53-57-61-67(72)66(65-71)70-68(73)62-58-54-50-46-42-38-34-31-32-36-40-44-48-52-56-60-64-75-69(74)63-59-55-51-47-43-39-35-30-27-22-20-18-16-14-12-10-8-6-4-2/h12,14,18,20,66-67,71-72H,3-11,13,15-17,19,21-65H2,1-2H3,(H,70,73)/b14-12-,20-18-. The van der Waals surface area contributed by atoms with Crippen LogP contribution in [0.4, 0.5) is 0 Å².